The fourth-order valence-corrected chi connectivity index (χ4v) is 3.28. The molecular formula is C12H17BrS. The van der Waals surface area contributed by atoms with Gasteiger partial charge in [-0.25, -0.2) is 0 Å². The maximum atomic E-state index is 3.59. The van der Waals surface area contributed by atoms with Gasteiger partial charge in [-0.15, -0.1) is 0 Å². The highest BCUT2D eigenvalue weighted by Crippen LogP contribution is 2.22. The molecule has 0 aliphatic rings. The molecule has 0 saturated carbocycles. The Kier molecular flexibility index (Phi) is 6.37. The smallest absolute Gasteiger partial charge is 0.0108 e. The third kappa shape index (κ3) is 4.05. The average molecular weight is 273 g/mol. The summed E-state index contributed by atoms with van der Waals surface area (Å²) in [5.41, 5.74) is 1.45. The van der Waals surface area contributed by atoms with Crippen LogP contribution in [-0.2, 0) is 0 Å². The Hall–Kier alpha value is 0.0500. The molecule has 0 fully saturated rings. The first-order valence-electron chi connectivity index (χ1n) is 5.07. The molecule has 0 bridgehead atoms. The molecule has 14 heavy (non-hydrogen) atoms. The Bertz CT molecular complexity index is 235. The summed E-state index contributed by atoms with van der Waals surface area (Å²) >= 11 is 5.64. The molecule has 0 N–H and O–H groups in total. The van der Waals surface area contributed by atoms with E-state index in [1.807, 2.05) is 0 Å². The predicted molar refractivity (Wildman–Crippen MR) is 70.6 cm³/mol. The van der Waals surface area contributed by atoms with E-state index in [4.69, 9.17) is 0 Å². The molecule has 1 rings (SSSR count). The van der Waals surface area contributed by atoms with E-state index in [0.29, 0.717) is 5.92 Å². The van der Waals surface area contributed by atoms with Crippen LogP contribution in [0.1, 0.15) is 24.8 Å². The number of hydrogen-bond donors (Lipinski definition) is 0. The largest absolute Gasteiger partial charge is 0.161 e. The van der Waals surface area contributed by atoms with E-state index >= 15 is 0 Å². The van der Waals surface area contributed by atoms with Gasteiger partial charge in [0.2, 0.25) is 0 Å². The molecule has 0 spiro atoms. The van der Waals surface area contributed by atoms with Crippen molar-refractivity contribution in [3.05, 3.63) is 35.9 Å². The standard InChI is InChI=1S/C12H17BrS/c1-2-8-14-10-12(9-13)11-6-4-3-5-7-11/h3-7,12H,2,8-10H2,1H3. The van der Waals surface area contributed by atoms with E-state index in [1.165, 1.54) is 23.5 Å². The van der Waals surface area contributed by atoms with Gasteiger partial charge in [0.15, 0.2) is 0 Å². The van der Waals surface area contributed by atoms with Crippen LogP contribution in [0.25, 0.3) is 0 Å². The first kappa shape index (κ1) is 12.1. The van der Waals surface area contributed by atoms with Gasteiger partial charge in [0, 0.05) is 17.0 Å². The van der Waals surface area contributed by atoms with Crippen LogP contribution in [-0.4, -0.2) is 16.8 Å². The molecule has 0 saturated heterocycles. The van der Waals surface area contributed by atoms with Crippen LogP contribution in [0.4, 0.5) is 0 Å². The maximum Gasteiger partial charge on any atom is 0.0108 e. The van der Waals surface area contributed by atoms with Gasteiger partial charge in [-0.05, 0) is 17.7 Å². The number of thioether (sulfide) groups is 1. The molecule has 0 heterocycles. The van der Waals surface area contributed by atoms with Crippen molar-refractivity contribution in [2.45, 2.75) is 19.3 Å². The van der Waals surface area contributed by atoms with Crippen LogP contribution >= 0.6 is 27.7 Å². The second-order valence-electron chi connectivity index (χ2n) is 3.34. The van der Waals surface area contributed by atoms with Gasteiger partial charge in [-0.2, -0.15) is 11.8 Å². The quantitative estimate of drug-likeness (QED) is 0.550. The number of alkyl halides is 1. The van der Waals surface area contributed by atoms with Crippen molar-refractivity contribution in [3.63, 3.8) is 0 Å². The summed E-state index contributed by atoms with van der Waals surface area (Å²) in [5, 5.41) is 1.06. The monoisotopic (exact) mass is 272 g/mol. The van der Waals surface area contributed by atoms with E-state index < -0.39 is 0 Å². The van der Waals surface area contributed by atoms with E-state index in [-0.39, 0.29) is 0 Å². The molecule has 1 aromatic carbocycles. The lowest BCUT2D eigenvalue weighted by molar-refractivity contribution is 0.900. The Morgan fingerprint density at radius 3 is 2.57 bits per heavy atom. The van der Waals surface area contributed by atoms with Gasteiger partial charge in [-0.3, -0.25) is 0 Å². The van der Waals surface area contributed by atoms with Crippen molar-refractivity contribution in [3.8, 4) is 0 Å². The third-order valence-corrected chi connectivity index (χ3v) is 4.24. The van der Waals surface area contributed by atoms with Crippen molar-refractivity contribution >= 4 is 27.7 Å². The minimum Gasteiger partial charge on any atom is -0.161 e. The lowest BCUT2D eigenvalue weighted by Gasteiger charge is -2.13. The van der Waals surface area contributed by atoms with E-state index in [2.05, 4.69) is 64.9 Å². The number of benzene rings is 1. The van der Waals surface area contributed by atoms with Crippen LogP contribution in [0.3, 0.4) is 0 Å². The molecular weight excluding hydrogens is 256 g/mol. The highest BCUT2D eigenvalue weighted by molar-refractivity contribution is 9.09. The lowest BCUT2D eigenvalue weighted by atomic mass is 10.0. The van der Waals surface area contributed by atoms with Crippen LogP contribution in [0.5, 0.6) is 0 Å². The second-order valence-corrected chi connectivity index (χ2v) is 5.13. The first-order valence-corrected chi connectivity index (χ1v) is 7.34. The van der Waals surface area contributed by atoms with Gasteiger partial charge >= 0.3 is 0 Å². The zero-order valence-corrected chi connectivity index (χ0v) is 11.0. The summed E-state index contributed by atoms with van der Waals surface area (Å²) in [5.74, 6) is 3.16. The highest BCUT2D eigenvalue weighted by Gasteiger charge is 2.08. The molecule has 0 nitrogen and oxygen atoms in total. The van der Waals surface area contributed by atoms with E-state index in [1.54, 1.807) is 0 Å². The Balaban J connectivity index is 2.46. The number of hydrogen-bond acceptors (Lipinski definition) is 1. The van der Waals surface area contributed by atoms with Crippen molar-refractivity contribution in [2.75, 3.05) is 16.8 Å². The predicted octanol–water partition coefficient (Wildman–Crippen LogP) is 4.31. The van der Waals surface area contributed by atoms with Crippen LogP contribution < -0.4 is 0 Å². The highest BCUT2D eigenvalue weighted by atomic mass is 79.9. The van der Waals surface area contributed by atoms with Crippen molar-refractivity contribution in [1.82, 2.24) is 0 Å². The molecule has 1 atom stereocenters. The van der Waals surface area contributed by atoms with Crippen LogP contribution in [0.2, 0.25) is 0 Å². The Morgan fingerprint density at radius 1 is 1.29 bits per heavy atom. The molecule has 2 heteroatoms. The van der Waals surface area contributed by atoms with Gasteiger partial charge in [0.25, 0.3) is 0 Å². The summed E-state index contributed by atoms with van der Waals surface area (Å²) in [6.45, 7) is 2.23. The molecule has 1 unspecified atom stereocenters. The van der Waals surface area contributed by atoms with Gasteiger partial charge < -0.3 is 0 Å². The molecule has 0 aliphatic heterocycles. The Morgan fingerprint density at radius 2 is 2.00 bits per heavy atom. The summed E-state index contributed by atoms with van der Waals surface area (Å²) in [6.07, 6.45) is 1.27. The van der Waals surface area contributed by atoms with Crippen molar-refractivity contribution in [2.24, 2.45) is 0 Å². The van der Waals surface area contributed by atoms with Crippen molar-refractivity contribution in [1.29, 1.82) is 0 Å². The summed E-state index contributed by atoms with van der Waals surface area (Å²) in [4.78, 5) is 0. The fraction of sp³-hybridized carbons (Fsp3) is 0.500. The molecule has 0 radical (unpaired) electrons. The van der Waals surface area contributed by atoms with Crippen LogP contribution in [0, 0.1) is 0 Å². The van der Waals surface area contributed by atoms with Crippen LogP contribution in [0.15, 0.2) is 30.3 Å². The first-order chi connectivity index (χ1) is 6.88. The average Bonchev–Trinajstić information content (AvgIpc) is 2.26. The van der Waals surface area contributed by atoms with Crippen molar-refractivity contribution < 1.29 is 0 Å². The summed E-state index contributed by atoms with van der Waals surface area (Å²) in [7, 11) is 0. The van der Waals surface area contributed by atoms with Gasteiger partial charge in [0.05, 0.1) is 0 Å². The molecule has 0 aliphatic carbocycles. The normalized spacial score (nSPS) is 12.7. The minimum atomic E-state index is 0.660. The lowest BCUT2D eigenvalue weighted by Crippen LogP contribution is -2.03. The minimum absolute atomic E-state index is 0.660. The SMILES string of the molecule is CCCSCC(CBr)c1ccccc1. The molecule has 0 amide bonds. The zero-order chi connectivity index (χ0) is 10.2. The van der Waals surface area contributed by atoms with Gasteiger partial charge in [0.1, 0.15) is 0 Å². The molecule has 0 aromatic heterocycles. The second kappa shape index (κ2) is 7.36. The summed E-state index contributed by atoms with van der Waals surface area (Å²) < 4.78 is 0. The Labute approximate surface area is 99.6 Å². The van der Waals surface area contributed by atoms with E-state index in [9.17, 15) is 0 Å². The van der Waals surface area contributed by atoms with E-state index in [0.717, 1.165) is 5.33 Å². The number of rotatable bonds is 6. The fourth-order valence-electron chi connectivity index (χ4n) is 1.32. The zero-order valence-electron chi connectivity index (χ0n) is 8.58. The molecule has 1 aromatic rings. The third-order valence-electron chi connectivity index (χ3n) is 2.12. The van der Waals surface area contributed by atoms with Gasteiger partial charge in [-0.1, -0.05) is 53.2 Å². The maximum absolute atomic E-state index is 3.59. The number of halogens is 1. The molecule has 78 valence electrons. The topological polar surface area (TPSA) is 0 Å². The summed E-state index contributed by atoms with van der Waals surface area (Å²) in [6, 6.07) is 10.8.